The molecule has 0 radical (unpaired) electrons. The second kappa shape index (κ2) is 7.28. The fraction of sp³-hybridized carbons (Fsp3) is 0.550. The normalized spacial score (nSPS) is 25.5. The van der Waals surface area contributed by atoms with E-state index in [-0.39, 0.29) is 5.41 Å². The average Bonchev–Trinajstić information content (AvgIpc) is 3.12. The van der Waals surface area contributed by atoms with Gasteiger partial charge >= 0.3 is 0 Å². The van der Waals surface area contributed by atoms with E-state index in [1.165, 1.54) is 12.0 Å². The molecule has 0 N–H and O–H groups in total. The van der Waals surface area contributed by atoms with Crippen molar-refractivity contribution in [2.45, 2.75) is 26.4 Å². The lowest BCUT2D eigenvalue weighted by atomic mass is 9.87. The summed E-state index contributed by atoms with van der Waals surface area (Å²) in [5.74, 6) is 2.04. The number of rotatable bonds is 4. The van der Waals surface area contributed by atoms with Crippen molar-refractivity contribution in [2.75, 3.05) is 39.4 Å². The molecule has 1 unspecified atom stereocenters. The Hall–Kier alpha value is -1.69. The molecular formula is C20H27N3O2. The van der Waals surface area contributed by atoms with E-state index in [2.05, 4.69) is 26.9 Å². The summed E-state index contributed by atoms with van der Waals surface area (Å²) in [6, 6.07) is 8.32. The third-order valence-electron chi connectivity index (χ3n) is 5.34. The lowest BCUT2D eigenvalue weighted by Gasteiger charge is -2.31. The van der Waals surface area contributed by atoms with E-state index in [1.54, 1.807) is 0 Å². The number of ether oxygens (including phenoxy) is 1. The van der Waals surface area contributed by atoms with Crippen molar-refractivity contribution in [3.8, 4) is 0 Å². The molecule has 1 spiro atoms. The van der Waals surface area contributed by atoms with Crippen LogP contribution in [0.3, 0.4) is 0 Å². The number of nitrogens with zero attached hydrogens (tertiary/aromatic N) is 3. The highest BCUT2D eigenvalue weighted by molar-refractivity contribution is 5.09. The van der Waals surface area contributed by atoms with Gasteiger partial charge in [-0.3, -0.25) is 14.8 Å². The van der Waals surface area contributed by atoms with Gasteiger partial charge in [-0.1, -0.05) is 6.07 Å². The predicted molar refractivity (Wildman–Crippen MR) is 96.1 cm³/mol. The van der Waals surface area contributed by atoms with E-state index >= 15 is 0 Å². The van der Waals surface area contributed by atoms with Crippen LogP contribution in [0.1, 0.15) is 23.5 Å². The van der Waals surface area contributed by atoms with Gasteiger partial charge in [0.05, 0.1) is 19.8 Å². The van der Waals surface area contributed by atoms with Crippen LogP contribution in [-0.2, 0) is 17.8 Å². The number of pyridine rings is 1. The monoisotopic (exact) mass is 341 g/mol. The third-order valence-corrected chi connectivity index (χ3v) is 5.34. The van der Waals surface area contributed by atoms with E-state index in [0.29, 0.717) is 0 Å². The summed E-state index contributed by atoms with van der Waals surface area (Å²) in [5, 5.41) is 0. The van der Waals surface area contributed by atoms with Gasteiger partial charge in [-0.25, -0.2) is 0 Å². The number of furan rings is 1. The van der Waals surface area contributed by atoms with Crippen LogP contribution < -0.4 is 0 Å². The first kappa shape index (κ1) is 16.8. The van der Waals surface area contributed by atoms with Gasteiger partial charge in [0.15, 0.2) is 0 Å². The van der Waals surface area contributed by atoms with Crippen molar-refractivity contribution in [3.63, 3.8) is 0 Å². The van der Waals surface area contributed by atoms with Crippen LogP contribution in [0, 0.1) is 12.3 Å². The molecule has 0 bridgehead atoms. The van der Waals surface area contributed by atoms with Crippen LogP contribution in [0.4, 0.5) is 0 Å². The SMILES string of the molecule is Cc1ccc(CN2CCOCC3(CCN(Cc4cccnc4)C3)C2)o1. The van der Waals surface area contributed by atoms with Gasteiger partial charge in [0.2, 0.25) is 0 Å². The van der Waals surface area contributed by atoms with Crippen LogP contribution in [-0.4, -0.2) is 54.2 Å². The second-order valence-electron chi connectivity index (χ2n) is 7.60. The molecule has 134 valence electrons. The summed E-state index contributed by atoms with van der Waals surface area (Å²) in [6.45, 7) is 9.81. The van der Waals surface area contributed by atoms with Gasteiger partial charge in [0.25, 0.3) is 0 Å². The summed E-state index contributed by atoms with van der Waals surface area (Å²) in [4.78, 5) is 9.28. The molecule has 2 fully saturated rings. The highest BCUT2D eigenvalue weighted by Crippen LogP contribution is 2.34. The lowest BCUT2D eigenvalue weighted by molar-refractivity contribution is 0.0704. The summed E-state index contributed by atoms with van der Waals surface area (Å²) in [6.07, 6.45) is 5.00. The fourth-order valence-corrected chi connectivity index (χ4v) is 4.17. The van der Waals surface area contributed by atoms with Gasteiger partial charge in [-0.2, -0.15) is 0 Å². The quantitative estimate of drug-likeness (QED) is 0.855. The second-order valence-corrected chi connectivity index (χ2v) is 7.60. The predicted octanol–water partition coefficient (Wildman–Crippen LogP) is 2.71. The molecule has 0 amide bonds. The van der Waals surface area contributed by atoms with E-state index in [0.717, 1.165) is 64.0 Å². The Morgan fingerprint density at radius 1 is 1.12 bits per heavy atom. The number of aromatic nitrogens is 1. The standard InChI is InChI=1S/C20H27N3O2/c1-17-4-5-19(25-17)13-23-9-10-24-16-20(15-23)6-8-22(14-20)12-18-3-2-7-21-11-18/h2-5,7,11H,6,8-10,12-16H2,1H3. The maximum absolute atomic E-state index is 5.99. The molecule has 0 aromatic carbocycles. The average molecular weight is 341 g/mol. The third kappa shape index (κ3) is 4.11. The molecule has 2 aromatic rings. The lowest BCUT2D eigenvalue weighted by Crippen LogP contribution is -2.40. The van der Waals surface area contributed by atoms with Crippen molar-refractivity contribution < 1.29 is 9.15 Å². The zero-order chi connectivity index (χ0) is 17.1. The van der Waals surface area contributed by atoms with Crippen molar-refractivity contribution >= 4 is 0 Å². The fourth-order valence-electron chi connectivity index (χ4n) is 4.17. The largest absolute Gasteiger partial charge is 0.465 e. The molecule has 0 aliphatic carbocycles. The van der Waals surface area contributed by atoms with E-state index in [1.807, 2.05) is 31.5 Å². The summed E-state index contributed by atoms with van der Waals surface area (Å²) in [5.41, 5.74) is 1.53. The number of hydrogen-bond acceptors (Lipinski definition) is 5. The summed E-state index contributed by atoms with van der Waals surface area (Å²) >= 11 is 0. The molecule has 2 aliphatic rings. The van der Waals surface area contributed by atoms with Crippen LogP contribution >= 0.6 is 0 Å². The molecule has 4 rings (SSSR count). The first-order valence-corrected chi connectivity index (χ1v) is 9.18. The number of hydrogen-bond donors (Lipinski definition) is 0. The molecule has 5 nitrogen and oxygen atoms in total. The Kier molecular flexibility index (Phi) is 4.88. The molecule has 0 saturated carbocycles. The Morgan fingerprint density at radius 3 is 2.76 bits per heavy atom. The Bertz CT molecular complexity index is 687. The maximum atomic E-state index is 5.99. The van der Waals surface area contributed by atoms with Gasteiger partial charge in [0.1, 0.15) is 11.5 Å². The Labute approximate surface area is 149 Å². The first-order chi connectivity index (χ1) is 12.2. The van der Waals surface area contributed by atoms with Gasteiger partial charge in [0, 0.05) is 44.0 Å². The zero-order valence-corrected chi connectivity index (χ0v) is 15.0. The summed E-state index contributed by atoms with van der Waals surface area (Å²) < 4.78 is 11.8. The van der Waals surface area contributed by atoms with Crippen molar-refractivity contribution in [1.29, 1.82) is 0 Å². The van der Waals surface area contributed by atoms with Crippen molar-refractivity contribution in [3.05, 3.63) is 53.7 Å². The highest BCUT2D eigenvalue weighted by Gasteiger charge is 2.41. The van der Waals surface area contributed by atoms with Gasteiger partial charge in [-0.15, -0.1) is 0 Å². The zero-order valence-electron chi connectivity index (χ0n) is 15.0. The van der Waals surface area contributed by atoms with Crippen LogP contribution in [0.25, 0.3) is 0 Å². The van der Waals surface area contributed by atoms with E-state index in [4.69, 9.17) is 9.15 Å². The topological polar surface area (TPSA) is 41.7 Å². The molecule has 2 aliphatic heterocycles. The van der Waals surface area contributed by atoms with Crippen molar-refractivity contribution in [1.82, 2.24) is 14.8 Å². The molecule has 5 heteroatoms. The highest BCUT2D eigenvalue weighted by atomic mass is 16.5. The van der Waals surface area contributed by atoms with Crippen molar-refractivity contribution in [2.24, 2.45) is 5.41 Å². The first-order valence-electron chi connectivity index (χ1n) is 9.18. The molecule has 2 aromatic heterocycles. The van der Waals surface area contributed by atoms with Gasteiger partial charge < -0.3 is 9.15 Å². The molecule has 4 heterocycles. The maximum Gasteiger partial charge on any atom is 0.118 e. The minimum Gasteiger partial charge on any atom is -0.465 e. The van der Waals surface area contributed by atoms with Crippen LogP contribution in [0.15, 0.2) is 41.1 Å². The number of aryl methyl sites for hydroxylation is 1. The van der Waals surface area contributed by atoms with E-state index in [9.17, 15) is 0 Å². The molecular weight excluding hydrogens is 314 g/mol. The van der Waals surface area contributed by atoms with E-state index < -0.39 is 0 Å². The number of likely N-dealkylation sites (tertiary alicyclic amines) is 1. The minimum absolute atomic E-state index is 0.236. The molecule has 1 atom stereocenters. The smallest absolute Gasteiger partial charge is 0.118 e. The van der Waals surface area contributed by atoms with Crippen LogP contribution in [0.2, 0.25) is 0 Å². The molecule has 2 saturated heterocycles. The minimum atomic E-state index is 0.236. The molecule has 25 heavy (non-hydrogen) atoms. The Balaban J connectivity index is 1.40. The van der Waals surface area contributed by atoms with Crippen LogP contribution in [0.5, 0.6) is 0 Å². The van der Waals surface area contributed by atoms with Gasteiger partial charge in [-0.05, 0) is 43.7 Å². The summed E-state index contributed by atoms with van der Waals surface area (Å²) in [7, 11) is 0. The Morgan fingerprint density at radius 2 is 2.00 bits per heavy atom.